The van der Waals surface area contributed by atoms with Crippen LogP contribution < -0.4 is 0 Å². The topological polar surface area (TPSA) is 77.1 Å². The quantitative estimate of drug-likeness (QED) is 0.623. The molecule has 1 aliphatic carbocycles. The largest absolute Gasteiger partial charge is 0.338 e. The zero-order valence-electron chi connectivity index (χ0n) is 17.3. The number of rotatable bonds is 3. The predicted molar refractivity (Wildman–Crippen MR) is 112 cm³/mol. The Balaban J connectivity index is 1.19. The molecule has 1 aliphatic heterocycles. The molecule has 3 heterocycles. The summed E-state index contributed by atoms with van der Waals surface area (Å²) in [4.78, 5) is 19.2. The van der Waals surface area contributed by atoms with Crippen LogP contribution in [0.15, 0.2) is 41.2 Å². The number of amides is 1. The fourth-order valence-corrected chi connectivity index (χ4v) is 4.54. The number of halogens is 1. The first-order chi connectivity index (χ1) is 14.2. The maximum absolute atomic E-state index is 12.8. The Morgan fingerprint density at radius 2 is 1.90 bits per heavy atom. The van der Waals surface area contributed by atoms with E-state index >= 15 is 0 Å². The molecule has 8 heteroatoms. The fourth-order valence-electron chi connectivity index (χ4n) is 4.40. The summed E-state index contributed by atoms with van der Waals surface area (Å²) in [7, 11) is 0. The van der Waals surface area contributed by atoms with Crippen molar-refractivity contribution in [1.82, 2.24) is 24.8 Å². The predicted octanol–water partition coefficient (Wildman–Crippen LogP) is 4.36. The van der Waals surface area contributed by atoms with Gasteiger partial charge in [0.05, 0.1) is 17.3 Å². The Morgan fingerprint density at radius 3 is 2.47 bits per heavy atom. The number of carbonyl (C=O) groups excluding carboxylic acids is 1. The second kappa shape index (κ2) is 6.67. The summed E-state index contributed by atoms with van der Waals surface area (Å²) in [5.74, 6) is 1.21. The molecule has 1 saturated carbocycles. The molecule has 0 bridgehead atoms. The van der Waals surface area contributed by atoms with E-state index in [4.69, 9.17) is 16.1 Å². The highest BCUT2D eigenvalue weighted by Gasteiger charge is 2.54. The van der Waals surface area contributed by atoms with Crippen LogP contribution >= 0.6 is 11.6 Å². The van der Waals surface area contributed by atoms with Gasteiger partial charge < -0.3 is 9.42 Å². The van der Waals surface area contributed by atoms with Crippen molar-refractivity contribution < 1.29 is 9.32 Å². The minimum atomic E-state index is -0.196. The molecule has 0 radical (unpaired) electrons. The van der Waals surface area contributed by atoms with Crippen molar-refractivity contribution in [3.8, 4) is 11.4 Å². The van der Waals surface area contributed by atoms with E-state index in [-0.39, 0.29) is 16.7 Å². The first-order valence-corrected chi connectivity index (χ1v) is 10.5. The van der Waals surface area contributed by atoms with Gasteiger partial charge in [-0.15, -0.1) is 0 Å². The molecule has 0 N–H and O–H groups in total. The molecule has 3 aromatic rings. The van der Waals surface area contributed by atoms with Crippen LogP contribution in [0, 0.1) is 5.41 Å². The van der Waals surface area contributed by atoms with E-state index in [1.165, 1.54) is 0 Å². The summed E-state index contributed by atoms with van der Waals surface area (Å²) in [6, 6.07) is 7.82. The second-order valence-electron chi connectivity index (χ2n) is 9.61. The Hall–Kier alpha value is -2.67. The molecule has 1 saturated heterocycles. The Bertz CT molecular complexity index is 1080. The lowest BCUT2D eigenvalue weighted by molar-refractivity contribution is -0.0738. The third-order valence-electron chi connectivity index (χ3n) is 6.08. The second-order valence-corrected chi connectivity index (χ2v) is 10.0. The third kappa shape index (κ3) is 3.31. The first kappa shape index (κ1) is 19.3. The van der Waals surface area contributed by atoms with Crippen molar-refractivity contribution in [2.45, 2.75) is 45.1 Å². The Labute approximate surface area is 180 Å². The van der Waals surface area contributed by atoms with E-state index in [2.05, 4.69) is 15.2 Å². The summed E-state index contributed by atoms with van der Waals surface area (Å²) in [6.45, 7) is 7.69. The molecule has 1 amide bonds. The molecule has 5 rings (SSSR count). The van der Waals surface area contributed by atoms with Gasteiger partial charge in [-0.05, 0) is 25.0 Å². The van der Waals surface area contributed by atoms with Crippen molar-refractivity contribution in [3.63, 3.8) is 0 Å². The van der Waals surface area contributed by atoms with E-state index < -0.39 is 0 Å². The van der Waals surface area contributed by atoms with Crippen LogP contribution in [0.1, 0.15) is 55.9 Å². The zero-order valence-corrected chi connectivity index (χ0v) is 18.1. The van der Waals surface area contributed by atoms with Crippen LogP contribution in [-0.4, -0.2) is 43.8 Å². The number of carbonyl (C=O) groups is 1. The highest BCUT2D eigenvalue weighted by Crippen LogP contribution is 2.54. The van der Waals surface area contributed by atoms with Crippen molar-refractivity contribution >= 4 is 17.5 Å². The minimum Gasteiger partial charge on any atom is -0.338 e. The smallest absolute Gasteiger partial charge is 0.253 e. The van der Waals surface area contributed by atoms with Gasteiger partial charge in [-0.3, -0.25) is 9.48 Å². The van der Waals surface area contributed by atoms with E-state index in [1.54, 1.807) is 6.20 Å². The lowest BCUT2D eigenvalue weighted by Gasteiger charge is -2.58. The van der Waals surface area contributed by atoms with Crippen molar-refractivity contribution in [2.24, 2.45) is 5.41 Å². The van der Waals surface area contributed by atoms with Crippen LogP contribution in [-0.2, 0) is 5.41 Å². The SMILES string of the molecule is CC(C)(C)c1nc(-c2ccc(C(=O)N3CC4(CC(n5cc(Cl)cn5)C4)C3)cc2)no1. The molecule has 2 fully saturated rings. The van der Waals surface area contributed by atoms with Gasteiger partial charge in [0.2, 0.25) is 11.7 Å². The molecule has 2 aromatic heterocycles. The average Bonchev–Trinajstić information content (AvgIpc) is 3.28. The molecule has 0 atom stereocenters. The van der Waals surface area contributed by atoms with Gasteiger partial charge in [0.1, 0.15) is 0 Å². The normalized spacial score (nSPS) is 18.3. The van der Waals surface area contributed by atoms with Crippen LogP contribution in [0.25, 0.3) is 11.4 Å². The molecule has 156 valence electrons. The summed E-state index contributed by atoms with van der Waals surface area (Å²) in [6.07, 6.45) is 5.63. The van der Waals surface area contributed by atoms with Gasteiger partial charge >= 0.3 is 0 Å². The average molecular weight is 426 g/mol. The lowest BCUT2D eigenvalue weighted by atomic mass is 9.60. The van der Waals surface area contributed by atoms with Crippen LogP contribution in [0.4, 0.5) is 0 Å². The number of hydrogen-bond donors (Lipinski definition) is 0. The zero-order chi connectivity index (χ0) is 21.1. The van der Waals surface area contributed by atoms with E-state index in [1.807, 2.05) is 60.8 Å². The van der Waals surface area contributed by atoms with Gasteiger partial charge in [-0.2, -0.15) is 10.1 Å². The van der Waals surface area contributed by atoms with Gasteiger partial charge in [-0.1, -0.05) is 49.7 Å². The highest BCUT2D eigenvalue weighted by atomic mass is 35.5. The lowest BCUT2D eigenvalue weighted by Crippen LogP contribution is -2.63. The summed E-state index contributed by atoms with van der Waals surface area (Å²) in [5, 5.41) is 9.03. The molecule has 2 aliphatic rings. The third-order valence-corrected chi connectivity index (χ3v) is 6.27. The summed E-state index contributed by atoms with van der Waals surface area (Å²) < 4.78 is 7.30. The Morgan fingerprint density at radius 1 is 1.20 bits per heavy atom. The van der Waals surface area contributed by atoms with E-state index in [9.17, 15) is 4.79 Å². The maximum Gasteiger partial charge on any atom is 0.253 e. The van der Waals surface area contributed by atoms with Gasteiger partial charge in [0.15, 0.2) is 0 Å². The van der Waals surface area contributed by atoms with Crippen molar-refractivity contribution in [3.05, 3.63) is 53.1 Å². The molecule has 1 aromatic carbocycles. The van der Waals surface area contributed by atoms with Crippen molar-refractivity contribution in [2.75, 3.05) is 13.1 Å². The van der Waals surface area contributed by atoms with Crippen molar-refractivity contribution in [1.29, 1.82) is 0 Å². The fraction of sp³-hybridized carbons (Fsp3) is 0.455. The van der Waals surface area contributed by atoms with E-state index in [0.29, 0.717) is 28.3 Å². The molecular weight excluding hydrogens is 402 g/mol. The van der Waals surface area contributed by atoms with Crippen LogP contribution in [0.3, 0.4) is 0 Å². The first-order valence-electron chi connectivity index (χ1n) is 10.2. The number of nitrogens with zero attached hydrogens (tertiary/aromatic N) is 5. The van der Waals surface area contributed by atoms with Crippen LogP contribution in [0.5, 0.6) is 0 Å². The van der Waals surface area contributed by atoms with Gasteiger partial charge in [0, 0.05) is 41.2 Å². The number of hydrogen-bond acceptors (Lipinski definition) is 5. The number of benzene rings is 1. The number of aromatic nitrogens is 4. The Kier molecular flexibility index (Phi) is 4.29. The molecule has 0 unspecified atom stereocenters. The minimum absolute atomic E-state index is 0.0706. The summed E-state index contributed by atoms with van der Waals surface area (Å²) >= 11 is 5.96. The standard InChI is InChI=1S/C22H24ClN5O2/c1-21(2,3)20-25-18(26-30-20)14-4-6-15(7-5-14)19(29)27-12-22(13-27)8-17(9-22)28-11-16(23)10-24-28/h4-7,10-11,17H,8-9,12-13H2,1-3H3. The molecular formula is C22H24ClN5O2. The maximum atomic E-state index is 12.8. The van der Waals surface area contributed by atoms with Crippen LogP contribution in [0.2, 0.25) is 5.02 Å². The number of likely N-dealkylation sites (tertiary alicyclic amines) is 1. The molecule has 1 spiro atoms. The molecule has 7 nitrogen and oxygen atoms in total. The monoisotopic (exact) mass is 425 g/mol. The summed E-state index contributed by atoms with van der Waals surface area (Å²) in [5.41, 5.74) is 1.57. The molecule has 30 heavy (non-hydrogen) atoms. The highest BCUT2D eigenvalue weighted by molar-refractivity contribution is 6.30. The van der Waals surface area contributed by atoms with Gasteiger partial charge in [-0.25, -0.2) is 0 Å². The van der Waals surface area contributed by atoms with Gasteiger partial charge in [0.25, 0.3) is 5.91 Å². The van der Waals surface area contributed by atoms with E-state index in [0.717, 1.165) is 31.5 Å².